The number of oxazole rings is 1. The van der Waals surface area contributed by atoms with Crippen LogP contribution >= 0.6 is 0 Å². The molecule has 1 aliphatic rings. The molecule has 27 heavy (non-hydrogen) atoms. The lowest BCUT2D eigenvalue weighted by molar-refractivity contribution is 0.00593. The van der Waals surface area contributed by atoms with Gasteiger partial charge in [0.15, 0.2) is 0 Å². The van der Waals surface area contributed by atoms with Gasteiger partial charge in [0.1, 0.15) is 11.4 Å². The molecule has 1 aliphatic heterocycles. The Bertz CT molecular complexity index is 840. The lowest BCUT2D eigenvalue weighted by Gasteiger charge is -2.38. The average molecular weight is 376 g/mol. The van der Waals surface area contributed by atoms with E-state index in [0.29, 0.717) is 19.0 Å². The van der Waals surface area contributed by atoms with Crippen LogP contribution in [0.1, 0.15) is 48.8 Å². The standard InChI is InChI=1S/C18H21FN4O4/c1-18(2,3)27-17(25)23-9-11(10-23)16-22-8-14(26-16)15(24)21-7-13-12(19)5-4-6-20-13/h4-6,8,11H,7,9-10H2,1-3H3,(H,21,24). The number of nitrogens with zero attached hydrogens (tertiary/aromatic N) is 3. The third-order valence-corrected chi connectivity index (χ3v) is 3.88. The molecule has 0 aliphatic carbocycles. The van der Waals surface area contributed by atoms with E-state index in [-0.39, 0.29) is 30.0 Å². The first-order valence-corrected chi connectivity index (χ1v) is 8.54. The van der Waals surface area contributed by atoms with Gasteiger partial charge in [-0.05, 0) is 32.9 Å². The Morgan fingerprint density at radius 1 is 1.37 bits per heavy atom. The zero-order valence-corrected chi connectivity index (χ0v) is 15.4. The predicted octanol–water partition coefficient (Wildman–Crippen LogP) is 2.47. The van der Waals surface area contributed by atoms with E-state index in [1.807, 2.05) is 0 Å². The summed E-state index contributed by atoms with van der Waals surface area (Å²) in [5.74, 6) is -0.691. The zero-order valence-electron chi connectivity index (χ0n) is 15.4. The number of pyridine rings is 1. The van der Waals surface area contributed by atoms with E-state index >= 15 is 0 Å². The molecular formula is C18H21FN4O4. The summed E-state index contributed by atoms with van der Waals surface area (Å²) in [6, 6.07) is 2.75. The molecule has 0 aromatic carbocycles. The van der Waals surface area contributed by atoms with E-state index in [4.69, 9.17) is 9.15 Å². The number of ether oxygens (including phenoxy) is 1. The summed E-state index contributed by atoms with van der Waals surface area (Å²) >= 11 is 0. The Labute approximate surface area is 155 Å². The second-order valence-corrected chi connectivity index (χ2v) is 7.26. The number of amides is 2. The van der Waals surface area contributed by atoms with Gasteiger partial charge in [-0.25, -0.2) is 14.2 Å². The number of likely N-dealkylation sites (tertiary alicyclic amines) is 1. The highest BCUT2D eigenvalue weighted by molar-refractivity contribution is 5.91. The second kappa shape index (κ2) is 7.34. The predicted molar refractivity (Wildman–Crippen MR) is 92.4 cm³/mol. The fourth-order valence-corrected chi connectivity index (χ4v) is 2.49. The molecule has 0 radical (unpaired) electrons. The van der Waals surface area contributed by atoms with Gasteiger partial charge in [0.05, 0.1) is 24.4 Å². The molecule has 1 fully saturated rings. The number of hydrogen-bond donors (Lipinski definition) is 1. The molecule has 0 unspecified atom stereocenters. The van der Waals surface area contributed by atoms with Crippen LogP contribution in [0.15, 0.2) is 28.9 Å². The number of rotatable bonds is 4. The van der Waals surface area contributed by atoms with Gasteiger partial charge in [-0.2, -0.15) is 0 Å². The monoisotopic (exact) mass is 376 g/mol. The normalized spacial score (nSPS) is 14.6. The Hall–Kier alpha value is -2.97. The Morgan fingerprint density at radius 2 is 2.11 bits per heavy atom. The molecule has 2 aromatic heterocycles. The Morgan fingerprint density at radius 3 is 2.78 bits per heavy atom. The van der Waals surface area contributed by atoms with Crippen LogP contribution in [0, 0.1) is 5.82 Å². The quantitative estimate of drug-likeness (QED) is 0.880. The number of nitrogens with one attached hydrogen (secondary N) is 1. The minimum Gasteiger partial charge on any atom is -0.444 e. The van der Waals surface area contributed by atoms with Gasteiger partial charge in [0, 0.05) is 19.3 Å². The highest BCUT2D eigenvalue weighted by Crippen LogP contribution is 2.28. The molecule has 0 atom stereocenters. The number of halogens is 1. The van der Waals surface area contributed by atoms with Crippen molar-refractivity contribution in [2.45, 2.75) is 38.8 Å². The van der Waals surface area contributed by atoms with Gasteiger partial charge in [-0.15, -0.1) is 0 Å². The fourth-order valence-electron chi connectivity index (χ4n) is 2.49. The van der Waals surface area contributed by atoms with Crippen molar-refractivity contribution < 1.29 is 23.1 Å². The van der Waals surface area contributed by atoms with Gasteiger partial charge < -0.3 is 19.4 Å². The molecule has 0 spiro atoms. The van der Waals surface area contributed by atoms with Crippen LogP contribution in [-0.4, -0.2) is 45.6 Å². The molecule has 144 valence electrons. The smallest absolute Gasteiger partial charge is 0.410 e. The Kier molecular flexibility index (Phi) is 5.11. The lowest BCUT2D eigenvalue weighted by atomic mass is 10.0. The van der Waals surface area contributed by atoms with Crippen LogP contribution in [-0.2, 0) is 11.3 Å². The minimum absolute atomic E-state index is 0.0251. The van der Waals surface area contributed by atoms with E-state index in [1.165, 1.54) is 24.5 Å². The van der Waals surface area contributed by atoms with E-state index in [9.17, 15) is 14.0 Å². The van der Waals surface area contributed by atoms with E-state index in [2.05, 4.69) is 15.3 Å². The summed E-state index contributed by atoms with van der Waals surface area (Å²) in [4.78, 5) is 33.6. The van der Waals surface area contributed by atoms with Crippen LogP contribution in [0.4, 0.5) is 9.18 Å². The van der Waals surface area contributed by atoms with Crippen LogP contribution in [0.3, 0.4) is 0 Å². The third kappa shape index (κ3) is 4.60. The molecule has 3 heterocycles. The number of carbonyl (C=O) groups excluding carboxylic acids is 2. The van der Waals surface area contributed by atoms with Gasteiger partial charge in [-0.1, -0.05) is 0 Å². The van der Waals surface area contributed by atoms with Crippen LogP contribution in [0.25, 0.3) is 0 Å². The van der Waals surface area contributed by atoms with Crippen molar-refractivity contribution in [3.8, 4) is 0 Å². The van der Waals surface area contributed by atoms with Gasteiger partial charge in [0.2, 0.25) is 11.7 Å². The summed E-state index contributed by atoms with van der Waals surface area (Å²) in [5, 5.41) is 2.54. The highest BCUT2D eigenvalue weighted by atomic mass is 19.1. The van der Waals surface area contributed by atoms with Crippen molar-refractivity contribution in [3.63, 3.8) is 0 Å². The van der Waals surface area contributed by atoms with Gasteiger partial charge in [0.25, 0.3) is 5.91 Å². The minimum atomic E-state index is -0.552. The summed E-state index contributed by atoms with van der Waals surface area (Å²) in [6.07, 6.45) is 2.38. The maximum Gasteiger partial charge on any atom is 0.410 e. The van der Waals surface area contributed by atoms with Crippen LogP contribution in [0.2, 0.25) is 0 Å². The molecule has 9 heteroatoms. The SMILES string of the molecule is CC(C)(C)OC(=O)N1CC(c2ncc(C(=O)NCc3ncccc3F)o2)C1. The second-order valence-electron chi connectivity index (χ2n) is 7.26. The number of aromatic nitrogens is 2. The van der Waals surface area contributed by atoms with Crippen molar-refractivity contribution in [3.05, 3.63) is 47.7 Å². The van der Waals surface area contributed by atoms with Crippen LogP contribution in [0.5, 0.6) is 0 Å². The summed E-state index contributed by atoms with van der Waals surface area (Å²) in [6.45, 7) is 6.18. The molecule has 8 nitrogen and oxygen atoms in total. The van der Waals surface area contributed by atoms with Crippen molar-refractivity contribution in [1.29, 1.82) is 0 Å². The molecule has 2 aromatic rings. The maximum absolute atomic E-state index is 13.5. The number of hydrogen-bond acceptors (Lipinski definition) is 6. The molecule has 3 rings (SSSR count). The van der Waals surface area contributed by atoms with Crippen molar-refractivity contribution in [1.82, 2.24) is 20.2 Å². The van der Waals surface area contributed by atoms with E-state index < -0.39 is 17.3 Å². The molecule has 0 bridgehead atoms. The van der Waals surface area contributed by atoms with Gasteiger partial charge in [-0.3, -0.25) is 9.78 Å². The Balaban J connectivity index is 1.51. The van der Waals surface area contributed by atoms with E-state index in [0.717, 1.165) is 0 Å². The molecule has 1 saturated heterocycles. The average Bonchev–Trinajstić information content (AvgIpc) is 3.00. The van der Waals surface area contributed by atoms with E-state index in [1.54, 1.807) is 25.7 Å². The van der Waals surface area contributed by atoms with Crippen molar-refractivity contribution in [2.75, 3.05) is 13.1 Å². The largest absolute Gasteiger partial charge is 0.444 e. The first-order chi connectivity index (χ1) is 12.7. The summed E-state index contributed by atoms with van der Waals surface area (Å²) in [5.41, 5.74) is -0.415. The first kappa shape index (κ1) is 18.8. The van der Waals surface area contributed by atoms with Gasteiger partial charge >= 0.3 is 6.09 Å². The zero-order chi connectivity index (χ0) is 19.6. The fraction of sp³-hybridized carbons (Fsp3) is 0.444. The van der Waals surface area contributed by atoms with Crippen LogP contribution < -0.4 is 5.32 Å². The van der Waals surface area contributed by atoms with Crippen molar-refractivity contribution in [2.24, 2.45) is 0 Å². The maximum atomic E-state index is 13.5. The highest BCUT2D eigenvalue weighted by Gasteiger charge is 2.37. The number of carbonyl (C=O) groups is 2. The lowest BCUT2D eigenvalue weighted by Crippen LogP contribution is -2.50. The third-order valence-electron chi connectivity index (χ3n) is 3.88. The molecule has 2 amide bonds. The summed E-state index contributed by atoms with van der Waals surface area (Å²) < 4.78 is 24.3. The molecule has 0 saturated carbocycles. The topological polar surface area (TPSA) is 97.6 Å². The molecular weight excluding hydrogens is 355 g/mol. The summed E-state index contributed by atoms with van der Waals surface area (Å²) in [7, 11) is 0. The first-order valence-electron chi connectivity index (χ1n) is 8.54. The molecule has 1 N–H and O–H groups in total. The van der Waals surface area contributed by atoms with Crippen molar-refractivity contribution >= 4 is 12.0 Å².